The van der Waals surface area contributed by atoms with E-state index >= 15 is 0 Å². The highest BCUT2D eigenvalue weighted by atomic mass is 32.2. The molecule has 4 nitrogen and oxygen atoms in total. The van der Waals surface area contributed by atoms with Gasteiger partial charge in [0.25, 0.3) is 0 Å². The molecule has 1 aliphatic carbocycles. The minimum absolute atomic E-state index is 0.0304. The monoisotopic (exact) mass is 284 g/mol. The van der Waals surface area contributed by atoms with Crippen LogP contribution in [0.25, 0.3) is 0 Å². The lowest BCUT2D eigenvalue weighted by Gasteiger charge is -2.30. The van der Waals surface area contributed by atoms with Crippen LogP contribution in [0.3, 0.4) is 0 Å². The Morgan fingerprint density at radius 2 is 2.16 bits per heavy atom. The number of amides is 2. The summed E-state index contributed by atoms with van der Waals surface area (Å²) in [5.41, 5.74) is 0. The standard InChI is InChI=1S/C14H24N2O2S/c1-3-19-9-7-10(2)16-8-6-12(17)15-13(14(16)18)11-4-5-11/h10-11,13H,3-9H2,1-2H3,(H,15,17). The minimum atomic E-state index is -0.253. The fraction of sp³-hybridized carbons (Fsp3) is 0.857. The highest BCUT2D eigenvalue weighted by Crippen LogP contribution is 2.34. The summed E-state index contributed by atoms with van der Waals surface area (Å²) in [6.45, 7) is 4.83. The van der Waals surface area contributed by atoms with Crippen LogP contribution in [0.2, 0.25) is 0 Å². The summed E-state index contributed by atoms with van der Waals surface area (Å²) >= 11 is 1.91. The van der Waals surface area contributed by atoms with Crippen molar-refractivity contribution in [1.29, 1.82) is 0 Å². The number of hydrogen-bond donors (Lipinski definition) is 1. The van der Waals surface area contributed by atoms with Crippen molar-refractivity contribution in [1.82, 2.24) is 10.2 Å². The van der Waals surface area contributed by atoms with Gasteiger partial charge in [0.15, 0.2) is 0 Å². The number of rotatable bonds is 6. The molecule has 19 heavy (non-hydrogen) atoms. The van der Waals surface area contributed by atoms with Gasteiger partial charge in [-0.05, 0) is 43.6 Å². The first-order valence-electron chi connectivity index (χ1n) is 7.31. The Hall–Kier alpha value is -0.710. The summed E-state index contributed by atoms with van der Waals surface area (Å²) in [6.07, 6.45) is 3.60. The highest BCUT2D eigenvalue weighted by Gasteiger charge is 2.41. The zero-order valence-corrected chi connectivity index (χ0v) is 12.7. The molecule has 0 spiro atoms. The number of nitrogens with one attached hydrogen (secondary N) is 1. The van der Waals surface area contributed by atoms with Crippen molar-refractivity contribution in [2.75, 3.05) is 18.1 Å². The van der Waals surface area contributed by atoms with Crippen molar-refractivity contribution in [3.8, 4) is 0 Å². The lowest BCUT2D eigenvalue weighted by Crippen LogP contribution is -2.48. The molecule has 1 heterocycles. The second kappa shape index (κ2) is 6.64. The van der Waals surface area contributed by atoms with Crippen LogP contribution in [-0.4, -0.2) is 46.8 Å². The summed E-state index contributed by atoms with van der Waals surface area (Å²) in [6, 6.07) is -0.0169. The first-order valence-corrected chi connectivity index (χ1v) is 8.46. The van der Waals surface area contributed by atoms with Gasteiger partial charge in [0.05, 0.1) is 0 Å². The van der Waals surface area contributed by atoms with Gasteiger partial charge in [0.1, 0.15) is 6.04 Å². The topological polar surface area (TPSA) is 49.4 Å². The molecule has 0 aromatic heterocycles. The molecule has 1 aliphatic heterocycles. The van der Waals surface area contributed by atoms with Crippen molar-refractivity contribution < 1.29 is 9.59 Å². The molecule has 1 saturated carbocycles. The van der Waals surface area contributed by atoms with E-state index in [9.17, 15) is 9.59 Å². The maximum absolute atomic E-state index is 12.6. The maximum Gasteiger partial charge on any atom is 0.245 e. The molecule has 0 bridgehead atoms. The van der Waals surface area contributed by atoms with E-state index in [0.29, 0.717) is 18.9 Å². The first kappa shape index (κ1) is 14.7. The van der Waals surface area contributed by atoms with Crippen molar-refractivity contribution in [3.05, 3.63) is 0 Å². The fourth-order valence-electron chi connectivity index (χ4n) is 2.56. The van der Waals surface area contributed by atoms with E-state index in [4.69, 9.17) is 0 Å². The Labute approximate surface area is 119 Å². The molecule has 2 atom stereocenters. The van der Waals surface area contributed by atoms with Crippen molar-refractivity contribution in [2.45, 2.75) is 51.6 Å². The molecular weight excluding hydrogens is 260 g/mol. The number of carbonyl (C=O) groups excluding carboxylic acids is 2. The van der Waals surface area contributed by atoms with Gasteiger partial charge in [-0.2, -0.15) is 11.8 Å². The van der Waals surface area contributed by atoms with Gasteiger partial charge in [0, 0.05) is 19.0 Å². The van der Waals surface area contributed by atoms with Crippen LogP contribution >= 0.6 is 11.8 Å². The third-order valence-electron chi connectivity index (χ3n) is 3.95. The maximum atomic E-state index is 12.6. The summed E-state index contributed by atoms with van der Waals surface area (Å²) in [7, 11) is 0. The van der Waals surface area contributed by atoms with Crippen molar-refractivity contribution >= 4 is 23.6 Å². The SMILES string of the molecule is CCSCCC(C)N1CCC(=O)NC(C2CC2)C1=O. The predicted molar refractivity (Wildman–Crippen MR) is 78.1 cm³/mol. The van der Waals surface area contributed by atoms with Crippen LogP contribution in [0.15, 0.2) is 0 Å². The zero-order chi connectivity index (χ0) is 13.8. The van der Waals surface area contributed by atoms with Gasteiger partial charge in [-0.3, -0.25) is 9.59 Å². The largest absolute Gasteiger partial charge is 0.344 e. The molecule has 1 saturated heterocycles. The summed E-state index contributed by atoms with van der Waals surface area (Å²) in [5, 5.41) is 2.91. The molecule has 0 radical (unpaired) electrons. The molecular formula is C14H24N2O2S. The summed E-state index contributed by atoms with van der Waals surface area (Å²) < 4.78 is 0. The lowest BCUT2D eigenvalue weighted by molar-refractivity contribution is -0.135. The normalized spacial score (nSPS) is 26.0. The van der Waals surface area contributed by atoms with E-state index in [2.05, 4.69) is 19.2 Å². The van der Waals surface area contributed by atoms with E-state index in [0.717, 1.165) is 30.8 Å². The molecule has 2 aliphatic rings. The van der Waals surface area contributed by atoms with E-state index in [1.807, 2.05) is 16.7 Å². The van der Waals surface area contributed by atoms with Gasteiger partial charge in [-0.15, -0.1) is 0 Å². The Balaban J connectivity index is 1.97. The van der Waals surface area contributed by atoms with Crippen LogP contribution in [0.5, 0.6) is 0 Å². The van der Waals surface area contributed by atoms with Gasteiger partial charge < -0.3 is 10.2 Å². The average molecular weight is 284 g/mol. The predicted octanol–water partition coefficient (Wildman–Crippen LogP) is 1.65. The third-order valence-corrected chi connectivity index (χ3v) is 4.89. The van der Waals surface area contributed by atoms with Crippen LogP contribution in [0.4, 0.5) is 0 Å². The Morgan fingerprint density at radius 1 is 1.42 bits per heavy atom. The highest BCUT2D eigenvalue weighted by molar-refractivity contribution is 7.99. The number of thioether (sulfide) groups is 1. The smallest absolute Gasteiger partial charge is 0.245 e. The van der Waals surface area contributed by atoms with Gasteiger partial charge in [-0.1, -0.05) is 6.92 Å². The molecule has 5 heteroatoms. The molecule has 108 valence electrons. The molecule has 1 N–H and O–H groups in total. The van der Waals surface area contributed by atoms with Crippen LogP contribution in [0, 0.1) is 5.92 Å². The van der Waals surface area contributed by atoms with Crippen LogP contribution < -0.4 is 5.32 Å². The lowest BCUT2D eigenvalue weighted by atomic mass is 10.1. The van der Waals surface area contributed by atoms with Crippen molar-refractivity contribution in [2.24, 2.45) is 5.92 Å². The number of hydrogen-bond acceptors (Lipinski definition) is 3. The third kappa shape index (κ3) is 3.88. The second-order valence-corrected chi connectivity index (χ2v) is 6.89. The molecule has 0 aromatic carbocycles. The summed E-state index contributed by atoms with van der Waals surface area (Å²) in [4.78, 5) is 26.2. The Bertz CT molecular complexity index is 344. The van der Waals surface area contributed by atoms with E-state index in [1.165, 1.54) is 0 Å². The first-order chi connectivity index (χ1) is 9.13. The van der Waals surface area contributed by atoms with Crippen LogP contribution in [0.1, 0.15) is 39.5 Å². The molecule has 2 fully saturated rings. The van der Waals surface area contributed by atoms with Crippen LogP contribution in [-0.2, 0) is 9.59 Å². The fourth-order valence-corrected chi connectivity index (χ4v) is 3.36. The van der Waals surface area contributed by atoms with Gasteiger partial charge in [-0.25, -0.2) is 0 Å². The molecule has 0 aromatic rings. The quantitative estimate of drug-likeness (QED) is 0.755. The molecule has 2 rings (SSSR count). The van der Waals surface area contributed by atoms with Gasteiger partial charge in [0.2, 0.25) is 11.8 Å². The van der Waals surface area contributed by atoms with Gasteiger partial charge >= 0.3 is 0 Å². The van der Waals surface area contributed by atoms with Crippen molar-refractivity contribution in [3.63, 3.8) is 0 Å². The second-order valence-electron chi connectivity index (χ2n) is 5.50. The number of nitrogens with zero attached hydrogens (tertiary/aromatic N) is 1. The summed E-state index contributed by atoms with van der Waals surface area (Å²) in [5.74, 6) is 2.75. The molecule has 2 amide bonds. The van der Waals surface area contributed by atoms with E-state index in [-0.39, 0.29) is 23.9 Å². The Kier molecular flexibility index (Phi) is 5.13. The molecule has 2 unspecified atom stereocenters. The number of carbonyl (C=O) groups is 2. The zero-order valence-electron chi connectivity index (χ0n) is 11.9. The Morgan fingerprint density at radius 3 is 2.79 bits per heavy atom. The minimum Gasteiger partial charge on any atom is -0.344 e. The van der Waals surface area contributed by atoms with E-state index < -0.39 is 0 Å². The van der Waals surface area contributed by atoms with E-state index in [1.54, 1.807) is 0 Å². The average Bonchev–Trinajstić information content (AvgIpc) is 3.19.